The number of aromatic nitrogens is 1. The number of carbonyl (C=O) groups excluding carboxylic acids is 1. The van der Waals surface area contributed by atoms with E-state index in [4.69, 9.17) is 0 Å². The highest BCUT2D eigenvalue weighted by Crippen LogP contribution is 2.29. The molecule has 3 nitrogen and oxygen atoms in total. The number of rotatable bonds is 3. The molecule has 0 aliphatic carbocycles. The summed E-state index contributed by atoms with van der Waals surface area (Å²) in [6.45, 7) is 1.17. The summed E-state index contributed by atoms with van der Waals surface area (Å²) in [5.74, 6) is -7.10. The summed E-state index contributed by atoms with van der Waals surface area (Å²) in [5, 5.41) is 0. The Balaban J connectivity index is 3.05. The molecule has 0 saturated heterocycles. The van der Waals surface area contributed by atoms with Crippen LogP contribution in [0.2, 0.25) is 0 Å². The SMILES string of the molecule is CCOC(=O)C(F)(F)c1ncccc1F. The second kappa shape index (κ2) is 4.29. The van der Waals surface area contributed by atoms with Crippen LogP contribution in [0.25, 0.3) is 0 Å². The Hall–Kier alpha value is -1.59. The second-order valence-corrected chi connectivity index (χ2v) is 2.63. The average Bonchev–Trinajstić information content (AvgIpc) is 2.18. The zero-order valence-corrected chi connectivity index (χ0v) is 7.84. The zero-order chi connectivity index (χ0) is 11.5. The first-order valence-electron chi connectivity index (χ1n) is 4.16. The molecule has 0 aliphatic heterocycles. The minimum absolute atomic E-state index is 0.205. The summed E-state index contributed by atoms with van der Waals surface area (Å²) < 4.78 is 43.5. The Morgan fingerprint density at radius 3 is 2.80 bits per heavy atom. The predicted octanol–water partition coefficient (Wildman–Crippen LogP) is 1.88. The van der Waals surface area contributed by atoms with E-state index in [9.17, 15) is 18.0 Å². The second-order valence-electron chi connectivity index (χ2n) is 2.63. The Kier molecular flexibility index (Phi) is 3.28. The lowest BCUT2D eigenvalue weighted by Gasteiger charge is -2.13. The molecule has 0 amide bonds. The first-order chi connectivity index (χ1) is 7.00. The zero-order valence-electron chi connectivity index (χ0n) is 7.84. The number of hydrogen-bond acceptors (Lipinski definition) is 3. The molecule has 0 saturated carbocycles. The summed E-state index contributed by atoms with van der Waals surface area (Å²) >= 11 is 0. The van der Waals surface area contributed by atoms with Crippen LogP contribution in [0.5, 0.6) is 0 Å². The number of esters is 1. The van der Waals surface area contributed by atoms with Crippen LogP contribution in [0.1, 0.15) is 12.6 Å². The maximum atomic E-state index is 13.2. The van der Waals surface area contributed by atoms with Crippen LogP contribution in [0.15, 0.2) is 18.3 Å². The van der Waals surface area contributed by atoms with Gasteiger partial charge < -0.3 is 4.74 Å². The van der Waals surface area contributed by atoms with E-state index in [0.717, 1.165) is 18.3 Å². The molecular weight excluding hydrogens is 211 g/mol. The third-order valence-corrected chi connectivity index (χ3v) is 1.59. The van der Waals surface area contributed by atoms with Crippen molar-refractivity contribution in [2.75, 3.05) is 6.61 Å². The predicted molar refractivity (Wildman–Crippen MR) is 44.7 cm³/mol. The number of nitrogens with zero attached hydrogens (tertiary/aromatic N) is 1. The molecule has 82 valence electrons. The fourth-order valence-corrected chi connectivity index (χ4v) is 0.935. The molecule has 0 fully saturated rings. The summed E-state index contributed by atoms with van der Waals surface area (Å²) in [5.41, 5.74) is -1.22. The van der Waals surface area contributed by atoms with E-state index in [2.05, 4.69) is 9.72 Å². The first kappa shape index (κ1) is 11.5. The Morgan fingerprint density at radius 1 is 1.60 bits per heavy atom. The van der Waals surface area contributed by atoms with Gasteiger partial charge in [0.1, 0.15) is 0 Å². The minimum Gasteiger partial charge on any atom is -0.461 e. The summed E-state index contributed by atoms with van der Waals surface area (Å²) in [6.07, 6.45) is 0.978. The number of ether oxygens (including phenoxy) is 1. The van der Waals surface area contributed by atoms with Gasteiger partial charge in [-0.25, -0.2) is 9.18 Å². The summed E-state index contributed by atoms with van der Waals surface area (Å²) in [6, 6.07) is 1.95. The fourth-order valence-electron chi connectivity index (χ4n) is 0.935. The molecule has 15 heavy (non-hydrogen) atoms. The molecule has 0 aromatic carbocycles. The Morgan fingerprint density at radius 2 is 2.27 bits per heavy atom. The van der Waals surface area contributed by atoms with E-state index >= 15 is 0 Å². The molecule has 0 bridgehead atoms. The molecule has 1 aromatic rings. The lowest BCUT2D eigenvalue weighted by Crippen LogP contribution is -2.30. The Labute approximate surface area is 83.9 Å². The molecule has 1 heterocycles. The van der Waals surface area contributed by atoms with Crippen molar-refractivity contribution in [3.8, 4) is 0 Å². The van der Waals surface area contributed by atoms with Gasteiger partial charge >= 0.3 is 11.9 Å². The standard InChI is InChI=1S/C9H8F3NO2/c1-2-15-8(14)9(11,12)7-6(10)4-3-5-13-7/h3-5H,2H2,1H3. The summed E-state index contributed by atoms with van der Waals surface area (Å²) in [7, 11) is 0. The molecule has 0 aliphatic rings. The monoisotopic (exact) mass is 219 g/mol. The average molecular weight is 219 g/mol. The lowest BCUT2D eigenvalue weighted by molar-refractivity contribution is -0.174. The van der Waals surface area contributed by atoms with Crippen LogP contribution >= 0.6 is 0 Å². The topological polar surface area (TPSA) is 39.2 Å². The van der Waals surface area contributed by atoms with Crippen LogP contribution in [0.4, 0.5) is 13.2 Å². The van der Waals surface area contributed by atoms with E-state index < -0.39 is 23.4 Å². The highest BCUT2D eigenvalue weighted by Gasteiger charge is 2.46. The van der Waals surface area contributed by atoms with E-state index in [1.165, 1.54) is 6.92 Å². The number of alkyl halides is 2. The maximum absolute atomic E-state index is 13.2. The third-order valence-electron chi connectivity index (χ3n) is 1.59. The third kappa shape index (κ3) is 2.26. The van der Waals surface area contributed by atoms with Gasteiger partial charge in [-0.3, -0.25) is 4.98 Å². The van der Waals surface area contributed by atoms with Crippen LogP contribution < -0.4 is 0 Å². The normalized spacial score (nSPS) is 11.2. The van der Waals surface area contributed by atoms with Gasteiger partial charge in [0.25, 0.3) is 0 Å². The molecule has 0 N–H and O–H groups in total. The minimum atomic E-state index is -4.05. The molecule has 1 rings (SSSR count). The first-order valence-corrected chi connectivity index (χ1v) is 4.16. The van der Waals surface area contributed by atoms with Gasteiger partial charge in [-0.1, -0.05) is 0 Å². The van der Waals surface area contributed by atoms with Crippen molar-refractivity contribution in [3.63, 3.8) is 0 Å². The molecule has 6 heteroatoms. The number of pyridine rings is 1. The highest BCUT2D eigenvalue weighted by molar-refractivity contribution is 5.78. The molecule has 0 unspecified atom stereocenters. The van der Waals surface area contributed by atoms with Crippen molar-refractivity contribution in [3.05, 3.63) is 29.8 Å². The van der Waals surface area contributed by atoms with Crippen LogP contribution in [-0.4, -0.2) is 17.6 Å². The number of carbonyl (C=O) groups is 1. The number of hydrogen-bond donors (Lipinski definition) is 0. The van der Waals surface area contributed by atoms with Crippen LogP contribution in [0, 0.1) is 5.82 Å². The lowest BCUT2D eigenvalue weighted by atomic mass is 10.2. The van der Waals surface area contributed by atoms with E-state index in [-0.39, 0.29) is 6.61 Å². The molecule has 1 aromatic heterocycles. The quantitative estimate of drug-likeness (QED) is 0.728. The van der Waals surface area contributed by atoms with Gasteiger partial charge in [0.05, 0.1) is 6.61 Å². The van der Waals surface area contributed by atoms with Crippen LogP contribution in [0.3, 0.4) is 0 Å². The van der Waals surface area contributed by atoms with E-state index in [1.54, 1.807) is 0 Å². The molecule has 0 atom stereocenters. The van der Waals surface area contributed by atoms with Gasteiger partial charge in [-0.05, 0) is 19.1 Å². The van der Waals surface area contributed by atoms with Gasteiger partial charge in [0.2, 0.25) is 0 Å². The molecule has 0 radical (unpaired) electrons. The van der Waals surface area contributed by atoms with Gasteiger partial charge in [0, 0.05) is 6.20 Å². The van der Waals surface area contributed by atoms with E-state index in [0.29, 0.717) is 0 Å². The molecular formula is C9H8F3NO2. The fraction of sp³-hybridized carbons (Fsp3) is 0.333. The van der Waals surface area contributed by atoms with Crippen molar-refractivity contribution in [2.45, 2.75) is 12.8 Å². The van der Waals surface area contributed by atoms with Crippen molar-refractivity contribution < 1.29 is 22.7 Å². The van der Waals surface area contributed by atoms with Gasteiger partial charge in [-0.2, -0.15) is 8.78 Å². The number of halogens is 3. The largest absolute Gasteiger partial charge is 0.461 e. The smallest absolute Gasteiger partial charge is 0.387 e. The van der Waals surface area contributed by atoms with Gasteiger partial charge in [-0.15, -0.1) is 0 Å². The van der Waals surface area contributed by atoms with Crippen molar-refractivity contribution in [1.29, 1.82) is 0 Å². The van der Waals surface area contributed by atoms with Crippen molar-refractivity contribution >= 4 is 5.97 Å². The van der Waals surface area contributed by atoms with Crippen LogP contribution in [-0.2, 0) is 15.5 Å². The van der Waals surface area contributed by atoms with Crippen molar-refractivity contribution in [2.24, 2.45) is 0 Å². The Bertz CT molecular complexity index is 368. The summed E-state index contributed by atoms with van der Waals surface area (Å²) in [4.78, 5) is 14.0. The van der Waals surface area contributed by atoms with Gasteiger partial charge in [0.15, 0.2) is 11.5 Å². The van der Waals surface area contributed by atoms with E-state index in [1.807, 2.05) is 0 Å². The highest BCUT2D eigenvalue weighted by atomic mass is 19.3. The maximum Gasteiger partial charge on any atom is 0.387 e. The molecule has 0 spiro atoms. The van der Waals surface area contributed by atoms with Crippen molar-refractivity contribution in [1.82, 2.24) is 4.98 Å².